The summed E-state index contributed by atoms with van der Waals surface area (Å²) >= 11 is 0. The van der Waals surface area contributed by atoms with Crippen molar-refractivity contribution in [1.82, 2.24) is 5.32 Å². The SMILES string of the molecule is CC(=O)Oc1cccc(C(=O)NCc2cccc(NC(=O)C3CCCC3)c2)c1. The van der Waals surface area contributed by atoms with Gasteiger partial charge in [0.15, 0.2) is 0 Å². The van der Waals surface area contributed by atoms with E-state index in [9.17, 15) is 14.4 Å². The fraction of sp³-hybridized carbons (Fsp3) is 0.318. The van der Waals surface area contributed by atoms with Crippen molar-refractivity contribution >= 4 is 23.5 Å². The van der Waals surface area contributed by atoms with Gasteiger partial charge in [-0.3, -0.25) is 14.4 Å². The highest BCUT2D eigenvalue weighted by molar-refractivity contribution is 5.95. The number of ether oxygens (including phenoxy) is 1. The molecule has 1 aliphatic rings. The zero-order chi connectivity index (χ0) is 19.9. The molecule has 3 rings (SSSR count). The zero-order valence-electron chi connectivity index (χ0n) is 15.9. The summed E-state index contributed by atoms with van der Waals surface area (Å²) < 4.78 is 5.00. The smallest absolute Gasteiger partial charge is 0.308 e. The molecule has 2 N–H and O–H groups in total. The molecule has 0 aliphatic heterocycles. The molecule has 2 amide bonds. The summed E-state index contributed by atoms with van der Waals surface area (Å²) in [6, 6.07) is 13.9. The highest BCUT2D eigenvalue weighted by Crippen LogP contribution is 2.26. The highest BCUT2D eigenvalue weighted by Gasteiger charge is 2.22. The van der Waals surface area contributed by atoms with Crippen molar-refractivity contribution in [3.05, 3.63) is 59.7 Å². The number of carbonyl (C=O) groups is 3. The van der Waals surface area contributed by atoms with Crippen molar-refractivity contribution in [2.24, 2.45) is 5.92 Å². The lowest BCUT2D eigenvalue weighted by Crippen LogP contribution is -2.23. The Kier molecular flexibility index (Phi) is 6.42. The minimum absolute atomic E-state index is 0.0703. The maximum atomic E-state index is 12.4. The van der Waals surface area contributed by atoms with Gasteiger partial charge in [-0.2, -0.15) is 0 Å². The first-order valence-corrected chi connectivity index (χ1v) is 9.48. The van der Waals surface area contributed by atoms with Crippen molar-refractivity contribution in [3.8, 4) is 5.75 Å². The van der Waals surface area contributed by atoms with Gasteiger partial charge in [-0.1, -0.05) is 31.0 Å². The summed E-state index contributed by atoms with van der Waals surface area (Å²) in [4.78, 5) is 35.7. The van der Waals surface area contributed by atoms with Crippen molar-refractivity contribution in [2.45, 2.75) is 39.2 Å². The molecule has 1 fully saturated rings. The molecule has 2 aromatic carbocycles. The molecule has 0 atom stereocenters. The Hall–Kier alpha value is -3.15. The second kappa shape index (κ2) is 9.17. The van der Waals surface area contributed by atoms with Crippen LogP contribution >= 0.6 is 0 Å². The molecular weight excluding hydrogens is 356 g/mol. The number of nitrogens with one attached hydrogen (secondary N) is 2. The first-order valence-electron chi connectivity index (χ1n) is 9.48. The lowest BCUT2D eigenvalue weighted by atomic mass is 10.1. The van der Waals surface area contributed by atoms with Crippen molar-refractivity contribution < 1.29 is 19.1 Å². The molecule has 6 nitrogen and oxygen atoms in total. The summed E-state index contributed by atoms with van der Waals surface area (Å²) in [5.74, 6) is -0.200. The van der Waals surface area contributed by atoms with Crippen LogP contribution in [0.3, 0.4) is 0 Å². The van der Waals surface area contributed by atoms with Gasteiger partial charge >= 0.3 is 5.97 Å². The monoisotopic (exact) mass is 380 g/mol. The summed E-state index contributed by atoms with van der Waals surface area (Å²) in [7, 11) is 0. The van der Waals surface area contributed by atoms with Crippen molar-refractivity contribution in [2.75, 3.05) is 5.32 Å². The molecule has 0 heterocycles. The number of hydrogen-bond acceptors (Lipinski definition) is 4. The average molecular weight is 380 g/mol. The van der Waals surface area contributed by atoms with Crippen LogP contribution in [0, 0.1) is 5.92 Å². The largest absolute Gasteiger partial charge is 0.427 e. The van der Waals surface area contributed by atoms with E-state index in [-0.39, 0.29) is 17.7 Å². The Labute approximate surface area is 164 Å². The Balaban J connectivity index is 1.57. The summed E-state index contributed by atoms with van der Waals surface area (Å²) in [5.41, 5.74) is 2.03. The van der Waals surface area contributed by atoms with Crippen LogP contribution in [-0.2, 0) is 16.1 Å². The van der Waals surface area contributed by atoms with Gasteiger partial charge in [-0.15, -0.1) is 0 Å². The normalized spacial score (nSPS) is 13.8. The third-order valence-corrected chi connectivity index (χ3v) is 4.73. The lowest BCUT2D eigenvalue weighted by Gasteiger charge is -2.12. The summed E-state index contributed by atoms with van der Waals surface area (Å²) in [5, 5.41) is 5.81. The predicted octanol–water partition coefficient (Wildman–Crippen LogP) is 3.67. The highest BCUT2D eigenvalue weighted by atomic mass is 16.5. The molecule has 0 saturated heterocycles. The van der Waals surface area contributed by atoms with Gasteiger partial charge in [0.2, 0.25) is 5.91 Å². The van der Waals surface area contributed by atoms with E-state index >= 15 is 0 Å². The molecule has 2 aromatic rings. The van der Waals surface area contributed by atoms with Gasteiger partial charge in [0.1, 0.15) is 5.75 Å². The summed E-state index contributed by atoms with van der Waals surface area (Å²) in [6.45, 7) is 1.63. The van der Waals surface area contributed by atoms with Crippen LogP contribution in [0.15, 0.2) is 48.5 Å². The van der Waals surface area contributed by atoms with Crippen LogP contribution in [0.5, 0.6) is 5.75 Å². The van der Waals surface area contributed by atoms with Crippen LogP contribution in [-0.4, -0.2) is 17.8 Å². The first kappa shape index (κ1) is 19.6. The lowest BCUT2D eigenvalue weighted by molar-refractivity contribution is -0.131. The molecule has 28 heavy (non-hydrogen) atoms. The van der Waals surface area contributed by atoms with Gasteiger partial charge in [0, 0.05) is 30.6 Å². The number of carbonyl (C=O) groups excluding carboxylic acids is 3. The van der Waals surface area contributed by atoms with Gasteiger partial charge < -0.3 is 15.4 Å². The van der Waals surface area contributed by atoms with Crippen molar-refractivity contribution in [3.63, 3.8) is 0 Å². The third-order valence-electron chi connectivity index (χ3n) is 4.73. The predicted molar refractivity (Wildman–Crippen MR) is 106 cm³/mol. The minimum Gasteiger partial charge on any atom is -0.427 e. The molecule has 6 heteroatoms. The molecular formula is C22H24N2O4. The second-order valence-electron chi connectivity index (χ2n) is 6.98. The average Bonchev–Trinajstić information content (AvgIpc) is 3.21. The molecule has 1 saturated carbocycles. The fourth-order valence-electron chi connectivity index (χ4n) is 3.34. The van der Waals surface area contributed by atoms with E-state index in [2.05, 4.69) is 10.6 Å². The van der Waals surface area contributed by atoms with Crippen LogP contribution in [0.4, 0.5) is 5.69 Å². The van der Waals surface area contributed by atoms with E-state index in [0.29, 0.717) is 17.9 Å². The molecule has 1 aliphatic carbocycles. The number of hydrogen-bond donors (Lipinski definition) is 2. The third kappa shape index (κ3) is 5.42. The van der Waals surface area contributed by atoms with Crippen LogP contribution < -0.4 is 15.4 Å². The number of benzene rings is 2. The second-order valence-corrected chi connectivity index (χ2v) is 6.98. The van der Waals surface area contributed by atoms with Gasteiger partial charge in [0.25, 0.3) is 5.91 Å². The van der Waals surface area contributed by atoms with Gasteiger partial charge in [-0.25, -0.2) is 0 Å². The van der Waals surface area contributed by atoms with Crippen LogP contribution in [0.25, 0.3) is 0 Å². The number of rotatable bonds is 6. The molecule has 0 spiro atoms. The van der Waals surface area contributed by atoms with E-state index in [1.807, 2.05) is 24.3 Å². The number of anilines is 1. The van der Waals surface area contributed by atoms with E-state index in [0.717, 1.165) is 36.9 Å². The number of esters is 1. The molecule has 0 aromatic heterocycles. The minimum atomic E-state index is -0.436. The first-order chi connectivity index (χ1) is 13.5. The fourth-order valence-corrected chi connectivity index (χ4v) is 3.34. The Morgan fingerprint density at radius 1 is 1.04 bits per heavy atom. The standard InChI is InChI=1S/C22H24N2O4/c1-15(25)28-20-11-5-9-18(13-20)21(26)23-14-16-6-4-10-19(12-16)24-22(27)17-7-2-3-8-17/h4-6,9-13,17H,2-3,7-8,14H2,1H3,(H,23,26)(H,24,27). The quantitative estimate of drug-likeness (QED) is 0.591. The Morgan fingerprint density at radius 2 is 1.79 bits per heavy atom. The molecule has 0 unspecified atom stereocenters. The van der Waals surface area contributed by atoms with Crippen LogP contribution in [0.1, 0.15) is 48.5 Å². The topological polar surface area (TPSA) is 84.5 Å². The maximum absolute atomic E-state index is 12.4. The zero-order valence-corrected chi connectivity index (χ0v) is 15.9. The van der Waals surface area contributed by atoms with E-state index in [4.69, 9.17) is 4.74 Å². The summed E-state index contributed by atoms with van der Waals surface area (Å²) in [6.07, 6.45) is 4.13. The Bertz CT molecular complexity index is 872. The van der Waals surface area contributed by atoms with Crippen LogP contribution in [0.2, 0.25) is 0 Å². The van der Waals surface area contributed by atoms with Gasteiger partial charge in [0.05, 0.1) is 0 Å². The van der Waals surface area contributed by atoms with E-state index in [1.165, 1.54) is 13.0 Å². The Morgan fingerprint density at radius 3 is 2.54 bits per heavy atom. The maximum Gasteiger partial charge on any atom is 0.308 e. The molecule has 0 bridgehead atoms. The van der Waals surface area contributed by atoms with E-state index < -0.39 is 5.97 Å². The van der Waals surface area contributed by atoms with E-state index in [1.54, 1.807) is 18.2 Å². The molecule has 146 valence electrons. The molecule has 0 radical (unpaired) electrons. The number of amides is 2. The van der Waals surface area contributed by atoms with Crippen molar-refractivity contribution in [1.29, 1.82) is 0 Å². The van der Waals surface area contributed by atoms with Gasteiger partial charge in [-0.05, 0) is 48.7 Å².